The minimum Gasteiger partial charge on any atom is -0.508 e. The SMILES string of the molecule is Cc1cc(C(C)O)ccc1OCc1ccc(O)cc1. The van der Waals surface area contributed by atoms with Gasteiger partial charge in [-0.2, -0.15) is 0 Å². The van der Waals surface area contributed by atoms with Gasteiger partial charge in [0.15, 0.2) is 0 Å². The topological polar surface area (TPSA) is 49.7 Å². The Balaban J connectivity index is 2.05. The Morgan fingerprint density at radius 2 is 1.79 bits per heavy atom. The number of aryl methyl sites for hydroxylation is 1. The van der Waals surface area contributed by atoms with Gasteiger partial charge in [0.05, 0.1) is 6.10 Å². The molecule has 2 aromatic carbocycles. The molecule has 0 saturated carbocycles. The molecule has 0 aromatic heterocycles. The molecule has 2 N–H and O–H groups in total. The molecule has 2 rings (SSSR count). The highest BCUT2D eigenvalue weighted by Gasteiger charge is 2.05. The van der Waals surface area contributed by atoms with Crippen molar-refractivity contribution in [2.45, 2.75) is 26.6 Å². The van der Waals surface area contributed by atoms with Crippen molar-refractivity contribution in [2.24, 2.45) is 0 Å². The van der Waals surface area contributed by atoms with E-state index >= 15 is 0 Å². The molecule has 0 spiro atoms. The number of ether oxygens (including phenoxy) is 1. The maximum atomic E-state index is 9.51. The van der Waals surface area contributed by atoms with Gasteiger partial charge in [-0.25, -0.2) is 0 Å². The molecule has 1 unspecified atom stereocenters. The van der Waals surface area contributed by atoms with Gasteiger partial charge in [-0.1, -0.05) is 18.2 Å². The highest BCUT2D eigenvalue weighted by molar-refractivity contribution is 5.37. The summed E-state index contributed by atoms with van der Waals surface area (Å²) in [4.78, 5) is 0. The van der Waals surface area contributed by atoms with Gasteiger partial charge in [0.25, 0.3) is 0 Å². The lowest BCUT2D eigenvalue weighted by atomic mass is 10.1. The van der Waals surface area contributed by atoms with E-state index in [-0.39, 0.29) is 5.75 Å². The zero-order chi connectivity index (χ0) is 13.8. The maximum Gasteiger partial charge on any atom is 0.122 e. The second kappa shape index (κ2) is 5.76. The van der Waals surface area contributed by atoms with Crippen LogP contribution in [0.25, 0.3) is 0 Å². The van der Waals surface area contributed by atoms with E-state index in [1.54, 1.807) is 19.1 Å². The summed E-state index contributed by atoms with van der Waals surface area (Å²) in [5.74, 6) is 1.05. The van der Waals surface area contributed by atoms with Crippen molar-refractivity contribution in [3.63, 3.8) is 0 Å². The first-order valence-corrected chi connectivity index (χ1v) is 6.25. The van der Waals surface area contributed by atoms with Gasteiger partial charge >= 0.3 is 0 Å². The van der Waals surface area contributed by atoms with Crippen molar-refractivity contribution >= 4 is 0 Å². The van der Waals surface area contributed by atoms with Gasteiger partial charge in [-0.3, -0.25) is 0 Å². The van der Waals surface area contributed by atoms with Crippen LogP contribution in [0.5, 0.6) is 11.5 Å². The number of hydrogen-bond acceptors (Lipinski definition) is 3. The van der Waals surface area contributed by atoms with Gasteiger partial charge in [0.1, 0.15) is 18.1 Å². The fourth-order valence-corrected chi connectivity index (χ4v) is 1.85. The number of hydrogen-bond donors (Lipinski definition) is 2. The molecular formula is C16H18O3. The first kappa shape index (κ1) is 13.4. The van der Waals surface area contributed by atoms with Gasteiger partial charge in [-0.05, 0) is 54.8 Å². The molecule has 0 bridgehead atoms. The van der Waals surface area contributed by atoms with Crippen LogP contribution in [-0.2, 0) is 6.61 Å². The highest BCUT2D eigenvalue weighted by Crippen LogP contribution is 2.23. The molecule has 3 nitrogen and oxygen atoms in total. The second-order valence-corrected chi connectivity index (χ2v) is 4.66. The average molecular weight is 258 g/mol. The summed E-state index contributed by atoms with van der Waals surface area (Å²) in [6.07, 6.45) is -0.468. The number of aromatic hydroxyl groups is 1. The molecule has 0 aliphatic carbocycles. The summed E-state index contributed by atoms with van der Waals surface area (Å²) >= 11 is 0. The van der Waals surface area contributed by atoms with Crippen LogP contribution in [0.2, 0.25) is 0 Å². The molecule has 1 atom stereocenters. The summed E-state index contributed by atoms with van der Waals surface area (Å²) in [6, 6.07) is 12.6. The average Bonchev–Trinajstić information content (AvgIpc) is 2.39. The summed E-state index contributed by atoms with van der Waals surface area (Å²) in [6.45, 7) is 4.15. The quantitative estimate of drug-likeness (QED) is 0.884. The standard InChI is InChI=1S/C16H18O3/c1-11-9-14(12(2)17)5-8-16(11)19-10-13-3-6-15(18)7-4-13/h3-9,12,17-18H,10H2,1-2H3. The fraction of sp³-hybridized carbons (Fsp3) is 0.250. The third-order valence-corrected chi connectivity index (χ3v) is 3.01. The molecule has 19 heavy (non-hydrogen) atoms. The van der Waals surface area contributed by atoms with Crippen molar-refractivity contribution in [2.75, 3.05) is 0 Å². The molecule has 0 radical (unpaired) electrons. The molecular weight excluding hydrogens is 240 g/mol. The van der Waals surface area contributed by atoms with Crippen molar-refractivity contribution in [1.29, 1.82) is 0 Å². The Hall–Kier alpha value is -2.00. The van der Waals surface area contributed by atoms with Gasteiger partial charge in [0.2, 0.25) is 0 Å². The van der Waals surface area contributed by atoms with E-state index in [1.165, 1.54) is 0 Å². The van der Waals surface area contributed by atoms with Gasteiger partial charge in [0, 0.05) is 0 Å². The molecule has 2 aromatic rings. The summed E-state index contributed by atoms with van der Waals surface area (Å²) < 4.78 is 5.73. The lowest BCUT2D eigenvalue weighted by Crippen LogP contribution is -1.98. The smallest absolute Gasteiger partial charge is 0.122 e. The normalized spacial score (nSPS) is 12.2. The largest absolute Gasteiger partial charge is 0.508 e. The number of benzene rings is 2. The fourth-order valence-electron chi connectivity index (χ4n) is 1.85. The van der Waals surface area contributed by atoms with Crippen LogP contribution in [0.4, 0.5) is 0 Å². The lowest BCUT2D eigenvalue weighted by Gasteiger charge is -2.12. The number of aliphatic hydroxyl groups excluding tert-OH is 1. The number of phenolic OH excluding ortho intramolecular Hbond substituents is 1. The van der Waals surface area contributed by atoms with Gasteiger partial charge < -0.3 is 14.9 Å². The highest BCUT2D eigenvalue weighted by atomic mass is 16.5. The third-order valence-electron chi connectivity index (χ3n) is 3.01. The molecule has 100 valence electrons. The Kier molecular flexibility index (Phi) is 4.07. The monoisotopic (exact) mass is 258 g/mol. The van der Waals surface area contributed by atoms with E-state index in [9.17, 15) is 10.2 Å². The van der Waals surface area contributed by atoms with E-state index in [0.29, 0.717) is 6.61 Å². The van der Waals surface area contributed by atoms with E-state index in [0.717, 1.165) is 22.4 Å². The zero-order valence-corrected chi connectivity index (χ0v) is 11.1. The Bertz CT molecular complexity index is 544. The van der Waals surface area contributed by atoms with Crippen LogP contribution < -0.4 is 4.74 Å². The molecule has 0 amide bonds. The molecule has 0 fully saturated rings. The summed E-state index contributed by atoms with van der Waals surface area (Å²) in [7, 11) is 0. The van der Waals surface area contributed by atoms with Crippen molar-refractivity contribution in [1.82, 2.24) is 0 Å². The molecule has 3 heteroatoms. The van der Waals surface area contributed by atoms with Crippen LogP contribution in [0.15, 0.2) is 42.5 Å². The maximum absolute atomic E-state index is 9.51. The summed E-state index contributed by atoms with van der Waals surface area (Å²) in [5.41, 5.74) is 2.88. The minimum atomic E-state index is -0.468. The Labute approximate surface area is 113 Å². The zero-order valence-electron chi connectivity index (χ0n) is 11.1. The third kappa shape index (κ3) is 3.48. The number of phenols is 1. The minimum absolute atomic E-state index is 0.251. The first-order valence-electron chi connectivity index (χ1n) is 6.25. The molecule has 0 saturated heterocycles. The van der Waals surface area contributed by atoms with E-state index < -0.39 is 6.10 Å². The van der Waals surface area contributed by atoms with E-state index in [1.807, 2.05) is 37.3 Å². The Morgan fingerprint density at radius 1 is 1.11 bits per heavy atom. The van der Waals surface area contributed by atoms with Crippen LogP contribution in [0, 0.1) is 6.92 Å². The van der Waals surface area contributed by atoms with Crippen molar-refractivity contribution in [3.8, 4) is 11.5 Å². The predicted octanol–water partition coefficient (Wildman–Crippen LogP) is 3.33. The van der Waals surface area contributed by atoms with Crippen LogP contribution >= 0.6 is 0 Å². The first-order chi connectivity index (χ1) is 9.06. The lowest BCUT2D eigenvalue weighted by molar-refractivity contribution is 0.199. The predicted molar refractivity (Wildman–Crippen MR) is 74.3 cm³/mol. The van der Waals surface area contributed by atoms with Crippen molar-refractivity contribution < 1.29 is 14.9 Å². The molecule has 0 heterocycles. The molecule has 0 aliphatic rings. The van der Waals surface area contributed by atoms with E-state index in [4.69, 9.17) is 4.74 Å². The van der Waals surface area contributed by atoms with Crippen molar-refractivity contribution in [3.05, 3.63) is 59.2 Å². The van der Waals surface area contributed by atoms with Gasteiger partial charge in [-0.15, -0.1) is 0 Å². The molecule has 0 aliphatic heterocycles. The van der Waals surface area contributed by atoms with Crippen LogP contribution in [-0.4, -0.2) is 10.2 Å². The second-order valence-electron chi connectivity index (χ2n) is 4.66. The Morgan fingerprint density at radius 3 is 2.37 bits per heavy atom. The summed E-state index contributed by atoms with van der Waals surface area (Å²) in [5, 5.41) is 18.7. The van der Waals surface area contributed by atoms with E-state index in [2.05, 4.69) is 0 Å². The number of rotatable bonds is 4. The van der Waals surface area contributed by atoms with Crippen LogP contribution in [0.1, 0.15) is 29.7 Å². The van der Waals surface area contributed by atoms with Crippen LogP contribution in [0.3, 0.4) is 0 Å². The number of aliphatic hydroxyl groups is 1.